The maximum Gasteiger partial charge on any atom is 0.0274 e. The van der Waals surface area contributed by atoms with Crippen molar-refractivity contribution in [1.29, 1.82) is 0 Å². The van der Waals surface area contributed by atoms with E-state index in [9.17, 15) is 0 Å². The van der Waals surface area contributed by atoms with Gasteiger partial charge in [-0.2, -0.15) is 0 Å². The second kappa shape index (κ2) is 4.03. The summed E-state index contributed by atoms with van der Waals surface area (Å²) >= 11 is 0. The zero-order valence-corrected chi connectivity index (χ0v) is 11.3. The lowest BCUT2D eigenvalue weighted by Gasteiger charge is -2.60. The van der Waals surface area contributed by atoms with Gasteiger partial charge >= 0.3 is 0 Å². The molecule has 3 atom stereocenters. The van der Waals surface area contributed by atoms with Crippen LogP contribution in [0.5, 0.6) is 0 Å². The lowest BCUT2D eigenvalue weighted by Crippen LogP contribution is -2.65. The first-order valence-corrected chi connectivity index (χ1v) is 6.60. The molecule has 0 aromatic heterocycles. The van der Waals surface area contributed by atoms with Gasteiger partial charge in [-0.3, -0.25) is 0 Å². The molecule has 2 bridgehead atoms. The number of hydrogen-bond donors (Lipinski definition) is 1. The summed E-state index contributed by atoms with van der Waals surface area (Å²) in [4.78, 5) is 0. The number of fused-ring (bicyclic) bond motifs is 1. The fourth-order valence-corrected chi connectivity index (χ4v) is 4.85. The van der Waals surface area contributed by atoms with E-state index in [2.05, 4.69) is 31.4 Å². The molecule has 92 valence electrons. The summed E-state index contributed by atoms with van der Waals surface area (Å²) in [6.07, 6.45) is 13.7. The molecule has 4 aliphatic carbocycles. The molecule has 0 aliphatic heterocycles. The van der Waals surface area contributed by atoms with Gasteiger partial charge < -0.3 is 5.32 Å². The number of halogens is 1. The fourth-order valence-electron chi connectivity index (χ4n) is 4.85. The smallest absolute Gasteiger partial charge is 0.0274 e. The summed E-state index contributed by atoms with van der Waals surface area (Å²) < 4.78 is 0. The van der Waals surface area contributed by atoms with Crippen LogP contribution >= 0.6 is 12.4 Å². The van der Waals surface area contributed by atoms with Crippen molar-refractivity contribution < 1.29 is 0 Å². The van der Waals surface area contributed by atoms with Gasteiger partial charge in [0.15, 0.2) is 0 Å². The van der Waals surface area contributed by atoms with Gasteiger partial charge in [0.1, 0.15) is 0 Å². The average Bonchev–Trinajstić information content (AvgIpc) is 2.77. The Morgan fingerprint density at radius 2 is 1.62 bits per heavy atom. The Kier molecular flexibility index (Phi) is 3.13. The SMILES string of the molecule is CNC1(C)C2C=CC(CC2)C12CCCC2.Cl. The number of allylic oxidation sites excluding steroid dienone is 1. The van der Waals surface area contributed by atoms with Crippen molar-refractivity contribution >= 4 is 12.4 Å². The Labute approximate surface area is 105 Å². The Balaban J connectivity index is 0.000000963. The van der Waals surface area contributed by atoms with Crippen molar-refractivity contribution in [2.75, 3.05) is 7.05 Å². The van der Waals surface area contributed by atoms with Crippen molar-refractivity contribution in [3.8, 4) is 0 Å². The molecule has 0 radical (unpaired) electrons. The van der Waals surface area contributed by atoms with E-state index in [0.717, 1.165) is 11.8 Å². The summed E-state index contributed by atoms with van der Waals surface area (Å²) in [6, 6.07) is 0. The first-order valence-electron chi connectivity index (χ1n) is 6.60. The third-order valence-corrected chi connectivity index (χ3v) is 5.87. The van der Waals surface area contributed by atoms with Crippen molar-refractivity contribution in [3.63, 3.8) is 0 Å². The predicted octanol–water partition coefficient (Wildman–Crippen LogP) is 3.54. The van der Waals surface area contributed by atoms with Crippen LogP contribution in [-0.2, 0) is 0 Å². The van der Waals surface area contributed by atoms with Gasteiger partial charge in [0.25, 0.3) is 0 Å². The second-order valence-electron chi connectivity index (χ2n) is 5.99. The van der Waals surface area contributed by atoms with Crippen LogP contribution < -0.4 is 5.32 Å². The van der Waals surface area contributed by atoms with E-state index in [1.807, 2.05) is 0 Å². The van der Waals surface area contributed by atoms with Crippen LogP contribution in [0.2, 0.25) is 0 Å². The molecular formula is C14H24ClN. The van der Waals surface area contributed by atoms with Gasteiger partial charge in [0.2, 0.25) is 0 Å². The van der Waals surface area contributed by atoms with E-state index in [0.29, 0.717) is 11.0 Å². The van der Waals surface area contributed by atoms with E-state index in [1.165, 1.54) is 38.5 Å². The molecule has 1 N–H and O–H groups in total. The molecule has 1 spiro atoms. The molecule has 2 saturated carbocycles. The van der Waals surface area contributed by atoms with Gasteiger partial charge in [0, 0.05) is 5.54 Å². The Bertz CT molecular complexity index is 293. The number of rotatable bonds is 1. The third-order valence-electron chi connectivity index (χ3n) is 5.87. The van der Waals surface area contributed by atoms with E-state index in [4.69, 9.17) is 0 Å². The Hall–Kier alpha value is -0.0100. The molecule has 1 nitrogen and oxygen atoms in total. The highest BCUT2D eigenvalue weighted by Crippen LogP contribution is 2.62. The zero-order valence-electron chi connectivity index (χ0n) is 10.5. The van der Waals surface area contributed by atoms with E-state index in [-0.39, 0.29) is 12.4 Å². The molecule has 0 aromatic rings. The van der Waals surface area contributed by atoms with Crippen molar-refractivity contribution in [2.45, 2.75) is 51.0 Å². The molecule has 0 saturated heterocycles. The lowest BCUT2D eigenvalue weighted by molar-refractivity contribution is -0.0257. The molecule has 0 amide bonds. The molecule has 4 aliphatic rings. The molecule has 0 aromatic carbocycles. The van der Waals surface area contributed by atoms with Crippen LogP contribution in [0.1, 0.15) is 45.4 Å². The van der Waals surface area contributed by atoms with E-state index < -0.39 is 0 Å². The van der Waals surface area contributed by atoms with Gasteiger partial charge in [-0.05, 0) is 56.9 Å². The van der Waals surface area contributed by atoms with Gasteiger partial charge in [-0.15, -0.1) is 12.4 Å². The summed E-state index contributed by atoms with van der Waals surface area (Å²) in [5.74, 6) is 1.65. The van der Waals surface area contributed by atoms with E-state index in [1.54, 1.807) is 0 Å². The Morgan fingerprint density at radius 3 is 2.12 bits per heavy atom. The Morgan fingerprint density at radius 1 is 1.06 bits per heavy atom. The van der Waals surface area contributed by atoms with Crippen LogP contribution in [0.15, 0.2) is 12.2 Å². The minimum absolute atomic E-state index is 0. The summed E-state index contributed by atoms with van der Waals surface area (Å²) in [7, 11) is 2.18. The minimum atomic E-state index is 0. The maximum atomic E-state index is 3.69. The molecule has 2 heteroatoms. The highest BCUT2D eigenvalue weighted by molar-refractivity contribution is 5.85. The lowest BCUT2D eigenvalue weighted by atomic mass is 9.49. The molecule has 16 heavy (non-hydrogen) atoms. The summed E-state index contributed by atoms with van der Waals surface area (Å²) in [6.45, 7) is 2.48. The molecule has 0 heterocycles. The normalized spacial score (nSPS) is 43.6. The molecular weight excluding hydrogens is 218 g/mol. The van der Waals surface area contributed by atoms with Crippen LogP contribution in [-0.4, -0.2) is 12.6 Å². The van der Waals surface area contributed by atoms with Gasteiger partial charge in [-0.1, -0.05) is 25.0 Å². The summed E-state index contributed by atoms with van der Waals surface area (Å²) in [5, 5.41) is 3.69. The third kappa shape index (κ3) is 1.28. The quantitative estimate of drug-likeness (QED) is 0.693. The first-order chi connectivity index (χ1) is 7.23. The van der Waals surface area contributed by atoms with E-state index >= 15 is 0 Å². The van der Waals surface area contributed by atoms with Crippen LogP contribution in [0.25, 0.3) is 0 Å². The van der Waals surface area contributed by atoms with Crippen LogP contribution in [0, 0.1) is 17.3 Å². The van der Waals surface area contributed by atoms with Crippen molar-refractivity contribution in [3.05, 3.63) is 12.2 Å². The highest BCUT2D eigenvalue weighted by Gasteiger charge is 2.59. The standard InChI is InChI=1S/C14H23N.ClH/c1-13(15-2)11-5-7-12(8-6-11)14(13)9-3-4-10-14;/h5,7,11-12,15H,3-4,6,8-10H2,1-2H3;1H. The first kappa shape index (κ1) is 12.4. The molecule has 3 unspecified atom stereocenters. The molecule has 4 rings (SSSR count). The van der Waals surface area contributed by atoms with Crippen molar-refractivity contribution in [2.24, 2.45) is 17.3 Å². The maximum absolute atomic E-state index is 3.69. The number of hydrogen-bond acceptors (Lipinski definition) is 1. The topological polar surface area (TPSA) is 12.0 Å². The highest BCUT2D eigenvalue weighted by atomic mass is 35.5. The fraction of sp³-hybridized carbons (Fsp3) is 0.857. The predicted molar refractivity (Wildman–Crippen MR) is 71.0 cm³/mol. The monoisotopic (exact) mass is 241 g/mol. The second-order valence-corrected chi connectivity index (χ2v) is 5.99. The van der Waals surface area contributed by atoms with Gasteiger partial charge in [-0.25, -0.2) is 0 Å². The van der Waals surface area contributed by atoms with Crippen molar-refractivity contribution in [1.82, 2.24) is 5.32 Å². The van der Waals surface area contributed by atoms with Crippen LogP contribution in [0.4, 0.5) is 0 Å². The minimum Gasteiger partial charge on any atom is -0.313 e. The average molecular weight is 242 g/mol. The molecule has 2 fully saturated rings. The largest absolute Gasteiger partial charge is 0.313 e. The van der Waals surface area contributed by atoms with Gasteiger partial charge in [0.05, 0.1) is 0 Å². The summed E-state index contributed by atoms with van der Waals surface area (Å²) in [5.41, 5.74) is 0.973. The number of nitrogens with one attached hydrogen (secondary N) is 1. The van der Waals surface area contributed by atoms with Crippen LogP contribution in [0.3, 0.4) is 0 Å². The zero-order chi connectivity index (χ0) is 10.5.